The van der Waals surface area contributed by atoms with E-state index in [4.69, 9.17) is 4.74 Å². The van der Waals surface area contributed by atoms with E-state index in [9.17, 15) is 9.90 Å². The number of nitrogens with zero attached hydrogens (tertiary/aromatic N) is 3. The van der Waals surface area contributed by atoms with Crippen LogP contribution in [0, 0.1) is 0 Å². The summed E-state index contributed by atoms with van der Waals surface area (Å²) < 4.78 is 7.50. The Morgan fingerprint density at radius 2 is 2.20 bits per heavy atom. The minimum Gasteiger partial charge on any atom is -0.487 e. The van der Waals surface area contributed by atoms with Crippen LogP contribution in [0.1, 0.15) is 12.7 Å². The van der Waals surface area contributed by atoms with Gasteiger partial charge < -0.3 is 24.6 Å². The molecular weight excluding hydrogens is 320 g/mol. The van der Waals surface area contributed by atoms with Gasteiger partial charge in [0.1, 0.15) is 18.2 Å². The van der Waals surface area contributed by atoms with Gasteiger partial charge in [-0.15, -0.1) is 0 Å². The quantitative estimate of drug-likeness (QED) is 0.721. The molecule has 0 aliphatic carbocycles. The number of ether oxygens (including phenoxy) is 1. The molecule has 2 aromatic rings. The van der Waals surface area contributed by atoms with Crippen molar-refractivity contribution in [1.82, 2.24) is 14.5 Å². The largest absolute Gasteiger partial charge is 0.487 e. The van der Waals surface area contributed by atoms with Gasteiger partial charge in [-0.2, -0.15) is 0 Å². The predicted molar refractivity (Wildman–Crippen MR) is 96.5 cm³/mol. The van der Waals surface area contributed by atoms with E-state index in [2.05, 4.69) is 16.9 Å². The fraction of sp³-hybridized carbons (Fsp3) is 0.333. The molecule has 0 saturated carbocycles. The first-order valence-corrected chi connectivity index (χ1v) is 8.00. The summed E-state index contributed by atoms with van der Waals surface area (Å²) in [5, 5.41) is 12.1. The lowest BCUT2D eigenvalue weighted by atomic mass is 10.3. The zero-order valence-corrected chi connectivity index (χ0v) is 14.6. The summed E-state index contributed by atoms with van der Waals surface area (Å²) in [5.41, 5.74) is 1.45. The number of nitrogens with one attached hydrogen (secondary N) is 1. The average molecular weight is 344 g/mol. The standard InChI is InChI=1S/C18H24N4O3/c1-14(2)13-25-16-7-5-4-6-15(16)20-18(24)22(10-11-23)12-17-19-8-9-21(17)3/h4-9,23H,1,10-13H2,2-3H3,(H,20,24). The summed E-state index contributed by atoms with van der Waals surface area (Å²) in [5.74, 6) is 1.30. The van der Waals surface area contributed by atoms with E-state index >= 15 is 0 Å². The summed E-state index contributed by atoms with van der Waals surface area (Å²) >= 11 is 0. The van der Waals surface area contributed by atoms with E-state index in [0.29, 0.717) is 24.6 Å². The molecule has 2 rings (SSSR count). The van der Waals surface area contributed by atoms with Gasteiger partial charge in [0.05, 0.1) is 18.8 Å². The highest BCUT2D eigenvalue weighted by Gasteiger charge is 2.17. The summed E-state index contributed by atoms with van der Waals surface area (Å²) in [6, 6.07) is 6.88. The number of carbonyl (C=O) groups excluding carboxylic acids is 1. The van der Waals surface area contributed by atoms with Crippen LogP contribution in [0.15, 0.2) is 48.8 Å². The van der Waals surface area contributed by atoms with Crippen LogP contribution in [0.3, 0.4) is 0 Å². The Morgan fingerprint density at radius 1 is 1.44 bits per heavy atom. The molecule has 0 bridgehead atoms. The second-order valence-electron chi connectivity index (χ2n) is 5.77. The van der Waals surface area contributed by atoms with Crippen molar-refractivity contribution in [1.29, 1.82) is 0 Å². The van der Waals surface area contributed by atoms with Gasteiger partial charge in [-0.3, -0.25) is 0 Å². The second-order valence-corrected chi connectivity index (χ2v) is 5.77. The molecule has 25 heavy (non-hydrogen) atoms. The first kappa shape index (κ1) is 18.5. The summed E-state index contributed by atoms with van der Waals surface area (Å²) in [7, 11) is 1.86. The number of para-hydroxylation sites is 2. The highest BCUT2D eigenvalue weighted by Crippen LogP contribution is 2.24. The van der Waals surface area contributed by atoms with Gasteiger partial charge in [0.15, 0.2) is 0 Å². The molecule has 0 aliphatic rings. The molecule has 134 valence electrons. The normalized spacial score (nSPS) is 10.4. The van der Waals surface area contributed by atoms with Gasteiger partial charge in [0, 0.05) is 26.0 Å². The Labute approximate surface area is 147 Å². The van der Waals surface area contributed by atoms with E-state index in [-0.39, 0.29) is 19.2 Å². The predicted octanol–water partition coefficient (Wildman–Crippen LogP) is 2.40. The molecule has 7 nitrogen and oxygen atoms in total. The van der Waals surface area contributed by atoms with Crippen LogP contribution in [0.5, 0.6) is 5.75 Å². The Hall–Kier alpha value is -2.80. The molecule has 0 spiro atoms. The number of hydrogen-bond acceptors (Lipinski definition) is 4. The van der Waals surface area contributed by atoms with Crippen LogP contribution in [0.2, 0.25) is 0 Å². The maximum absolute atomic E-state index is 12.6. The van der Waals surface area contributed by atoms with Crippen molar-refractivity contribution in [3.8, 4) is 5.75 Å². The molecule has 1 aromatic carbocycles. The number of anilines is 1. The zero-order valence-electron chi connectivity index (χ0n) is 14.6. The maximum atomic E-state index is 12.6. The fourth-order valence-corrected chi connectivity index (χ4v) is 2.18. The minimum absolute atomic E-state index is 0.133. The third kappa shape index (κ3) is 5.36. The first-order valence-electron chi connectivity index (χ1n) is 8.00. The summed E-state index contributed by atoms with van der Waals surface area (Å²) in [6.45, 7) is 6.42. The van der Waals surface area contributed by atoms with Crippen LogP contribution < -0.4 is 10.1 Å². The van der Waals surface area contributed by atoms with Crippen molar-refractivity contribution < 1.29 is 14.6 Å². The second kappa shape index (κ2) is 8.89. The molecule has 2 N–H and O–H groups in total. The van der Waals surface area contributed by atoms with Crippen LogP contribution >= 0.6 is 0 Å². The van der Waals surface area contributed by atoms with Crippen LogP contribution in [-0.2, 0) is 13.6 Å². The lowest BCUT2D eigenvalue weighted by Gasteiger charge is -2.22. The molecule has 0 unspecified atom stereocenters. The molecule has 0 saturated heterocycles. The Balaban J connectivity index is 2.10. The number of hydrogen-bond donors (Lipinski definition) is 2. The number of urea groups is 1. The number of aryl methyl sites for hydroxylation is 1. The highest BCUT2D eigenvalue weighted by molar-refractivity contribution is 5.90. The Kier molecular flexibility index (Phi) is 6.59. The average Bonchev–Trinajstić information content (AvgIpc) is 2.98. The van der Waals surface area contributed by atoms with Gasteiger partial charge in [-0.1, -0.05) is 18.7 Å². The van der Waals surface area contributed by atoms with Gasteiger partial charge in [-0.25, -0.2) is 9.78 Å². The number of benzene rings is 1. The Morgan fingerprint density at radius 3 is 2.84 bits per heavy atom. The smallest absolute Gasteiger partial charge is 0.322 e. The molecule has 2 amide bonds. The Bertz CT molecular complexity index is 727. The van der Waals surface area contributed by atoms with E-state index in [1.54, 1.807) is 18.3 Å². The fourth-order valence-electron chi connectivity index (χ4n) is 2.18. The number of carbonyl (C=O) groups is 1. The van der Waals surface area contributed by atoms with E-state index in [1.807, 2.05) is 36.9 Å². The topological polar surface area (TPSA) is 79.6 Å². The van der Waals surface area contributed by atoms with Crippen LogP contribution in [0.25, 0.3) is 0 Å². The van der Waals surface area contributed by atoms with Gasteiger partial charge in [0.25, 0.3) is 0 Å². The van der Waals surface area contributed by atoms with Crippen molar-refractivity contribution in [2.75, 3.05) is 25.1 Å². The van der Waals surface area contributed by atoms with E-state index in [0.717, 1.165) is 11.4 Å². The molecule has 7 heteroatoms. The molecule has 0 atom stereocenters. The summed E-state index contributed by atoms with van der Waals surface area (Å²) in [6.07, 6.45) is 3.48. The number of amides is 2. The van der Waals surface area contributed by atoms with E-state index in [1.165, 1.54) is 4.90 Å². The van der Waals surface area contributed by atoms with Crippen molar-refractivity contribution in [2.45, 2.75) is 13.5 Å². The van der Waals surface area contributed by atoms with Crippen molar-refractivity contribution in [2.24, 2.45) is 7.05 Å². The molecule has 1 aromatic heterocycles. The highest BCUT2D eigenvalue weighted by atomic mass is 16.5. The molecule has 1 heterocycles. The summed E-state index contributed by atoms with van der Waals surface area (Å²) in [4.78, 5) is 18.3. The molecular formula is C18H24N4O3. The maximum Gasteiger partial charge on any atom is 0.322 e. The number of aliphatic hydroxyl groups excluding tert-OH is 1. The van der Waals surface area contributed by atoms with Crippen LogP contribution in [0.4, 0.5) is 10.5 Å². The minimum atomic E-state index is -0.330. The third-order valence-electron chi connectivity index (χ3n) is 3.51. The molecule has 0 radical (unpaired) electrons. The van der Waals surface area contributed by atoms with Crippen LogP contribution in [-0.4, -0.2) is 45.3 Å². The van der Waals surface area contributed by atoms with Gasteiger partial charge >= 0.3 is 6.03 Å². The van der Waals surface area contributed by atoms with Gasteiger partial charge in [-0.05, 0) is 24.6 Å². The van der Waals surface area contributed by atoms with Crippen molar-refractivity contribution >= 4 is 11.7 Å². The first-order chi connectivity index (χ1) is 12.0. The van der Waals surface area contributed by atoms with Crippen molar-refractivity contribution in [3.63, 3.8) is 0 Å². The number of aliphatic hydroxyl groups is 1. The lowest BCUT2D eigenvalue weighted by Crippen LogP contribution is -2.37. The van der Waals surface area contributed by atoms with E-state index < -0.39 is 0 Å². The monoisotopic (exact) mass is 344 g/mol. The lowest BCUT2D eigenvalue weighted by molar-refractivity contribution is 0.183. The molecule has 0 aliphatic heterocycles. The number of rotatable bonds is 8. The number of imidazole rings is 1. The van der Waals surface area contributed by atoms with Gasteiger partial charge in [0.2, 0.25) is 0 Å². The number of aromatic nitrogens is 2. The SMILES string of the molecule is C=C(C)COc1ccccc1NC(=O)N(CCO)Cc1nccn1C. The zero-order chi connectivity index (χ0) is 18.2. The van der Waals surface area contributed by atoms with Crippen molar-refractivity contribution in [3.05, 3.63) is 54.6 Å². The molecule has 0 fully saturated rings. The third-order valence-corrected chi connectivity index (χ3v) is 3.51.